The van der Waals surface area contributed by atoms with Gasteiger partial charge in [-0.1, -0.05) is 48.0 Å². The highest BCUT2D eigenvalue weighted by molar-refractivity contribution is 6.30. The Morgan fingerprint density at radius 3 is 2.50 bits per heavy atom. The monoisotopic (exact) mass is 486 g/mol. The molecule has 9 heteroatoms. The molecular weight excluding hydrogens is 460 g/mol. The lowest BCUT2D eigenvalue weighted by atomic mass is 9.79. The second-order valence-electron chi connectivity index (χ2n) is 8.36. The number of carbonyl (C=O) groups excluding carboxylic acids is 1. The molecule has 0 spiro atoms. The molecule has 0 fully saturated rings. The number of aliphatic hydroxyl groups is 1. The van der Waals surface area contributed by atoms with E-state index >= 15 is 0 Å². The second-order valence-corrected chi connectivity index (χ2v) is 8.80. The molecule has 1 amide bonds. The first kappa shape index (κ1) is 25.3. The van der Waals surface area contributed by atoms with E-state index in [4.69, 9.17) is 20.9 Å². The maximum Gasteiger partial charge on any atom is 0.309 e. The van der Waals surface area contributed by atoms with Crippen LogP contribution in [0.15, 0.2) is 59.1 Å². The highest BCUT2D eigenvalue weighted by atomic mass is 35.5. The summed E-state index contributed by atoms with van der Waals surface area (Å²) in [6.45, 7) is 1.28. The van der Waals surface area contributed by atoms with E-state index in [1.807, 2.05) is 48.5 Å². The molecule has 0 saturated heterocycles. The number of hydrogen-bond acceptors (Lipinski definition) is 6. The lowest BCUT2D eigenvalue weighted by molar-refractivity contribution is -0.149. The summed E-state index contributed by atoms with van der Waals surface area (Å²) in [7, 11) is 1.41. The Balaban J connectivity index is 1.82. The topological polar surface area (TPSA) is 122 Å². The molecule has 0 aliphatic carbocycles. The maximum atomic E-state index is 12.7. The fourth-order valence-corrected chi connectivity index (χ4v) is 3.96. The highest BCUT2D eigenvalue weighted by Gasteiger charge is 2.36. The van der Waals surface area contributed by atoms with E-state index in [1.54, 1.807) is 6.92 Å². The van der Waals surface area contributed by atoms with E-state index < -0.39 is 23.3 Å². The fourth-order valence-electron chi connectivity index (χ4n) is 3.77. The number of hydrogen-bond donors (Lipinski definition) is 3. The van der Waals surface area contributed by atoms with Crippen molar-refractivity contribution in [3.8, 4) is 17.0 Å². The minimum Gasteiger partial charge on any atom is -0.481 e. The van der Waals surface area contributed by atoms with Crippen LogP contribution in [0.25, 0.3) is 11.1 Å². The highest BCUT2D eigenvalue weighted by Crippen LogP contribution is 2.30. The lowest BCUT2D eigenvalue weighted by Gasteiger charge is -2.29. The molecule has 3 aromatic rings. The number of benzene rings is 2. The summed E-state index contributed by atoms with van der Waals surface area (Å²) < 4.78 is 9.96. The Bertz CT molecular complexity index is 1130. The molecule has 0 radical (unpaired) electrons. The van der Waals surface area contributed by atoms with E-state index in [0.717, 1.165) is 16.7 Å². The van der Waals surface area contributed by atoms with Gasteiger partial charge in [-0.3, -0.25) is 9.59 Å². The fraction of sp³-hybridized carbons (Fsp3) is 0.320. The first-order valence-electron chi connectivity index (χ1n) is 10.7. The second kappa shape index (κ2) is 11.2. The van der Waals surface area contributed by atoms with Crippen LogP contribution in [0.2, 0.25) is 5.02 Å². The maximum absolute atomic E-state index is 12.7. The number of halogens is 1. The zero-order chi connectivity index (χ0) is 24.7. The number of nitrogens with one attached hydrogen (secondary N) is 1. The summed E-state index contributed by atoms with van der Waals surface area (Å²) in [5.74, 6) is -1.46. The smallest absolute Gasteiger partial charge is 0.309 e. The standard InChI is InChI=1S/C25H27ClN2O6/c1-25(10-11-29,24(31)32)15-20(27-23(30)21-14-22(33-2)28-34-21)12-16-6-8-17(9-7-16)18-4-3-5-19(26)13-18/h3-9,13-14,20,29H,10-12,15H2,1-2H3,(H,27,30)(H,31,32)/t20-,25?/m1/s1. The van der Waals surface area contributed by atoms with Crippen LogP contribution in [-0.4, -0.2) is 47.0 Å². The van der Waals surface area contributed by atoms with Crippen molar-refractivity contribution >= 4 is 23.5 Å². The number of aliphatic carboxylic acids is 1. The van der Waals surface area contributed by atoms with Gasteiger partial charge in [0, 0.05) is 17.7 Å². The molecule has 2 aromatic carbocycles. The molecule has 180 valence electrons. The van der Waals surface area contributed by atoms with Gasteiger partial charge in [0.1, 0.15) is 0 Å². The number of carbonyl (C=O) groups is 2. The van der Waals surface area contributed by atoms with Crippen LogP contribution in [0.5, 0.6) is 5.88 Å². The molecule has 0 aliphatic rings. The number of carboxylic acid groups (broad SMARTS) is 1. The third kappa shape index (κ3) is 6.36. The van der Waals surface area contributed by atoms with Gasteiger partial charge in [0.25, 0.3) is 11.8 Å². The van der Waals surface area contributed by atoms with Crippen molar-refractivity contribution in [2.45, 2.75) is 32.2 Å². The molecule has 8 nitrogen and oxygen atoms in total. The summed E-state index contributed by atoms with van der Waals surface area (Å²) in [6.07, 6.45) is 0.537. The Morgan fingerprint density at radius 2 is 1.91 bits per heavy atom. The summed E-state index contributed by atoms with van der Waals surface area (Å²) in [5.41, 5.74) is 1.63. The molecular formula is C25H27ClN2O6. The van der Waals surface area contributed by atoms with E-state index in [9.17, 15) is 19.8 Å². The van der Waals surface area contributed by atoms with E-state index in [0.29, 0.717) is 11.4 Å². The third-order valence-electron chi connectivity index (χ3n) is 5.73. The minimum absolute atomic E-state index is 0.0441. The normalized spacial score (nSPS) is 13.6. The molecule has 0 bridgehead atoms. The minimum atomic E-state index is -1.23. The Labute approximate surface area is 202 Å². The third-order valence-corrected chi connectivity index (χ3v) is 5.96. The Morgan fingerprint density at radius 1 is 1.18 bits per heavy atom. The van der Waals surface area contributed by atoms with Crippen LogP contribution in [0.3, 0.4) is 0 Å². The van der Waals surface area contributed by atoms with Gasteiger partial charge in [-0.15, -0.1) is 0 Å². The number of carboxylic acids is 1. The number of aliphatic hydroxyl groups excluding tert-OH is 1. The van der Waals surface area contributed by atoms with Crippen LogP contribution >= 0.6 is 11.6 Å². The van der Waals surface area contributed by atoms with Crippen LogP contribution in [0.4, 0.5) is 0 Å². The van der Waals surface area contributed by atoms with Crippen LogP contribution in [0, 0.1) is 5.41 Å². The predicted octanol–water partition coefficient (Wildman–Crippen LogP) is 4.21. The molecule has 34 heavy (non-hydrogen) atoms. The van der Waals surface area contributed by atoms with Gasteiger partial charge in [-0.05, 0) is 60.2 Å². The van der Waals surface area contributed by atoms with Gasteiger partial charge in [-0.2, -0.15) is 0 Å². The van der Waals surface area contributed by atoms with Gasteiger partial charge >= 0.3 is 5.97 Å². The van der Waals surface area contributed by atoms with Crippen molar-refractivity contribution in [2.75, 3.05) is 13.7 Å². The molecule has 3 N–H and O–H groups in total. The predicted molar refractivity (Wildman–Crippen MR) is 127 cm³/mol. The van der Waals surface area contributed by atoms with Crippen molar-refractivity contribution < 1.29 is 29.1 Å². The molecule has 1 aromatic heterocycles. The van der Waals surface area contributed by atoms with Crippen molar-refractivity contribution in [1.82, 2.24) is 10.5 Å². The van der Waals surface area contributed by atoms with Crippen molar-refractivity contribution in [1.29, 1.82) is 0 Å². The van der Waals surface area contributed by atoms with Gasteiger partial charge in [0.05, 0.1) is 18.6 Å². The first-order chi connectivity index (χ1) is 16.2. The van der Waals surface area contributed by atoms with Gasteiger partial charge in [0.15, 0.2) is 0 Å². The number of aromatic nitrogens is 1. The molecule has 0 saturated carbocycles. The zero-order valence-electron chi connectivity index (χ0n) is 19.0. The summed E-state index contributed by atoms with van der Waals surface area (Å²) >= 11 is 6.09. The largest absolute Gasteiger partial charge is 0.481 e. The van der Waals surface area contributed by atoms with Crippen LogP contribution in [-0.2, 0) is 11.2 Å². The van der Waals surface area contributed by atoms with Crippen LogP contribution < -0.4 is 10.1 Å². The van der Waals surface area contributed by atoms with Gasteiger partial charge < -0.3 is 24.8 Å². The molecule has 0 aliphatic heterocycles. The molecule has 1 unspecified atom stereocenters. The number of ether oxygens (including phenoxy) is 1. The number of methoxy groups -OCH3 is 1. The average molecular weight is 487 g/mol. The quantitative estimate of drug-likeness (QED) is 0.371. The number of amides is 1. The Hall–Kier alpha value is -3.36. The average Bonchev–Trinajstić information content (AvgIpc) is 3.29. The van der Waals surface area contributed by atoms with Gasteiger partial charge in [0.2, 0.25) is 5.76 Å². The lowest BCUT2D eigenvalue weighted by Crippen LogP contribution is -2.43. The SMILES string of the molecule is COc1cc(C(=O)N[C@H](Cc2ccc(-c3cccc(Cl)c3)cc2)CC(C)(CCO)C(=O)O)on1. The molecule has 2 atom stereocenters. The molecule has 3 rings (SSSR count). The van der Waals surface area contributed by atoms with Gasteiger partial charge in [-0.25, -0.2) is 0 Å². The molecule has 1 heterocycles. The van der Waals surface area contributed by atoms with Crippen molar-refractivity contribution in [3.63, 3.8) is 0 Å². The zero-order valence-corrected chi connectivity index (χ0v) is 19.7. The van der Waals surface area contributed by atoms with E-state index in [1.165, 1.54) is 13.2 Å². The number of rotatable bonds is 11. The number of nitrogens with zero attached hydrogens (tertiary/aromatic N) is 1. The first-order valence-corrected chi connectivity index (χ1v) is 11.1. The van der Waals surface area contributed by atoms with Crippen molar-refractivity contribution in [2.24, 2.45) is 5.41 Å². The van der Waals surface area contributed by atoms with E-state index in [-0.39, 0.29) is 31.1 Å². The summed E-state index contributed by atoms with van der Waals surface area (Å²) in [6, 6.07) is 16.1. The summed E-state index contributed by atoms with van der Waals surface area (Å²) in [4.78, 5) is 24.7. The summed E-state index contributed by atoms with van der Waals surface area (Å²) in [5, 5.41) is 26.3. The Kier molecular flexibility index (Phi) is 8.31. The van der Waals surface area contributed by atoms with Crippen LogP contribution in [0.1, 0.15) is 35.9 Å². The van der Waals surface area contributed by atoms with Crippen molar-refractivity contribution in [3.05, 3.63) is 70.9 Å². The van der Waals surface area contributed by atoms with E-state index in [2.05, 4.69) is 10.5 Å².